The molecule has 0 radical (unpaired) electrons. The Labute approximate surface area is 82.5 Å². The summed E-state index contributed by atoms with van der Waals surface area (Å²) in [6.07, 6.45) is 0. The first-order valence-electron chi connectivity index (χ1n) is 4.42. The molecule has 72 valence electrons. The molecular formula is C11H12N2O. The molecule has 3 heteroatoms. The van der Waals surface area contributed by atoms with Crippen LogP contribution in [0.1, 0.15) is 5.56 Å². The second kappa shape index (κ2) is 3.18. The molecule has 1 aromatic heterocycles. The fourth-order valence-corrected chi connectivity index (χ4v) is 1.46. The lowest BCUT2D eigenvalue weighted by atomic mass is 10.1. The molecule has 0 fully saturated rings. The van der Waals surface area contributed by atoms with E-state index < -0.39 is 0 Å². The second-order valence-electron chi connectivity index (χ2n) is 3.22. The van der Waals surface area contributed by atoms with Crippen LogP contribution in [-0.4, -0.2) is 12.1 Å². The van der Waals surface area contributed by atoms with Gasteiger partial charge in [-0.15, -0.1) is 0 Å². The van der Waals surface area contributed by atoms with E-state index in [4.69, 9.17) is 10.5 Å². The average Bonchev–Trinajstić information content (AvgIpc) is 2.19. The van der Waals surface area contributed by atoms with Crippen molar-refractivity contribution in [1.82, 2.24) is 4.98 Å². The van der Waals surface area contributed by atoms with E-state index in [0.29, 0.717) is 5.82 Å². The predicted octanol–water partition coefficient (Wildman–Crippen LogP) is 2.13. The van der Waals surface area contributed by atoms with Crippen molar-refractivity contribution in [1.29, 1.82) is 0 Å². The maximum atomic E-state index is 5.74. The summed E-state index contributed by atoms with van der Waals surface area (Å²) in [4.78, 5) is 4.30. The van der Waals surface area contributed by atoms with Gasteiger partial charge in [-0.2, -0.15) is 0 Å². The summed E-state index contributed by atoms with van der Waals surface area (Å²) >= 11 is 0. The van der Waals surface area contributed by atoms with Crippen molar-refractivity contribution >= 4 is 16.7 Å². The maximum Gasteiger partial charge on any atom is 0.145 e. The minimum atomic E-state index is 0.557. The lowest BCUT2D eigenvalue weighted by Crippen LogP contribution is -1.95. The van der Waals surface area contributed by atoms with Gasteiger partial charge >= 0.3 is 0 Å². The average molecular weight is 188 g/mol. The first-order valence-corrected chi connectivity index (χ1v) is 4.42. The molecule has 0 atom stereocenters. The van der Waals surface area contributed by atoms with Crippen LogP contribution in [0.5, 0.6) is 5.75 Å². The van der Waals surface area contributed by atoms with E-state index in [1.807, 2.05) is 31.2 Å². The minimum Gasteiger partial charge on any atom is -0.494 e. The van der Waals surface area contributed by atoms with Gasteiger partial charge in [0.15, 0.2) is 0 Å². The number of rotatable bonds is 1. The first-order chi connectivity index (χ1) is 6.72. The molecule has 0 saturated heterocycles. The quantitative estimate of drug-likeness (QED) is 0.745. The number of hydrogen-bond donors (Lipinski definition) is 1. The zero-order valence-corrected chi connectivity index (χ0v) is 8.24. The minimum absolute atomic E-state index is 0.557. The molecule has 1 aromatic carbocycles. The number of aromatic nitrogens is 1. The molecule has 0 bridgehead atoms. The van der Waals surface area contributed by atoms with E-state index in [9.17, 15) is 0 Å². The number of aryl methyl sites for hydroxylation is 1. The number of ether oxygens (including phenoxy) is 1. The molecule has 0 unspecified atom stereocenters. The van der Waals surface area contributed by atoms with Gasteiger partial charge < -0.3 is 10.5 Å². The third-order valence-corrected chi connectivity index (χ3v) is 2.26. The Bertz CT molecular complexity index is 480. The summed E-state index contributed by atoms with van der Waals surface area (Å²) in [5.41, 5.74) is 7.55. The lowest BCUT2D eigenvalue weighted by Gasteiger charge is -2.06. The number of anilines is 1. The van der Waals surface area contributed by atoms with Crippen molar-refractivity contribution in [3.8, 4) is 5.75 Å². The zero-order chi connectivity index (χ0) is 10.1. The van der Waals surface area contributed by atoms with Crippen molar-refractivity contribution in [2.75, 3.05) is 12.8 Å². The van der Waals surface area contributed by atoms with Crippen molar-refractivity contribution in [3.63, 3.8) is 0 Å². The van der Waals surface area contributed by atoms with Crippen molar-refractivity contribution < 1.29 is 4.74 Å². The predicted molar refractivity (Wildman–Crippen MR) is 57.4 cm³/mol. The van der Waals surface area contributed by atoms with Crippen molar-refractivity contribution in [2.45, 2.75) is 6.92 Å². The second-order valence-corrected chi connectivity index (χ2v) is 3.22. The van der Waals surface area contributed by atoms with Crippen LogP contribution in [0.15, 0.2) is 24.3 Å². The SMILES string of the molecule is COc1cccc2cc(C)c(N)nc12. The summed E-state index contributed by atoms with van der Waals surface area (Å²) in [6.45, 7) is 1.95. The first kappa shape index (κ1) is 8.81. The number of nitrogens with zero attached hydrogens (tertiary/aromatic N) is 1. The van der Waals surface area contributed by atoms with Gasteiger partial charge in [-0.25, -0.2) is 4.98 Å². The monoisotopic (exact) mass is 188 g/mol. The summed E-state index contributed by atoms with van der Waals surface area (Å²) in [5.74, 6) is 1.32. The summed E-state index contributed by atoms with van der Waals surface area (Å²) in [5, 5.41) is 1.05. The van der Waals surface area contributed by atoms with Crippen LogP contribution in [0.25, 0.3) is 10.9 Å². The molecule has 0 aliphatic carbocycles. The zero-order valence-electron chi connectivity index (χ0n) is 8.24. The Morgan fingerprint density at radius 3 is 2.86 bits per heavy atom. The Morgan fingerprint density at radius 1 is 1.36 bits per heavy atom. The molecule has 1 heterocycles. The van der Waals surface area contributed by atoms with Gasteiger partial charge in [0.05, 0.1) is 7.11 Å². The number of para-hydroxylation sites is 1. The third-order valence-electron chi connectivity index (χ3n) is 2.26. The van der Waals surface area contributed by atoms with E-state index in [-0.39, 0.29) is 0 Å². The Morgan fingerprint density at radius 2 is 2.14 bits per heavy atom. The third kappa shape index (κ3) is 1.27. The van der Waals surface area contributed by atoms with E-state index in [1.54, 1.807) is 7.11 Å². The molecule has 14 heavy (non-hydrogen) atoms. The summed E-state index contributed by atoms with van der Waals surface area (Å²) in [7, 11) is 1.63. The Kier molecular flexibility index (Phi) is 2.00. The van der Waals surface area contributed by atoms with Gasteiger partial charge in [0, 0.05) is 5.39 Å². The molecule has 2 aromatic rings. The number of nitrogen functional groups attached to an aromatic ring is 1. The van der Waals surface area contributed by atoms with Crippen LogP contribution in [0.2, 0.25) is 0 Å². The number of hydrogen-bond acceptors (Lipinski definition) is 3. The molecule has 2 N–H and O–H groups in total. The number of nitrogens with two attached hydrogens (primary N) is 1. The van der Waals surface area contributed by atoms with Gasteiger partial charge in [0.2, 0.25) is 0 Å². The van der Waals surface area contributed by atoms with Gasteiger partial charge in [-0.3, -0.25) is 0 Å². The highest BCUT2D eigenvalue weighted by Crippen LogP contribution is 2.25. The Hall–Kier alpha value is -1.77. The van der Waals surface area contributed by atoms with Crippen molar-refractivity contribution in [3.05, 3.63) is 29.8 Å². The van der Waals surface area contributed by atoms with Crippen LogP contribution in [0.3, 0.4) is 0 Å². The highest BCUT2D eigenvalue weighted by atomic mass is 16.5. The smallest absolute Gasteiger partial charge is 0.145 e. The van der Waals surface area contributed by atoms with Gasteiger partial charge in [0.25, 0.3) is 0 Å². The summed E-state index contributed by atoms with van der Waals surface area (Å²) < 4.78 is 5.20. The molecular weight excluding hydrogens is 176 g/mol. The standard InChI is InChI=1S/C11H12N2O/c1-7-6-8-4-3-5-9(14-2)10(8)13-11(7)12/h3-6H,1-2H3,(H2,12,13). The van der Waals surface area contributed by atoms with Crippen LogP contribution in [0.4, 0.5) is 5.82 Å². The number of methoxy groups -OCH3 is 1. The van der Waals surface area contributed by atoms with Gasteiger partial charge in [-0.1, -0.05) is 12.1 Å². The van der Waals surface area contributed by atoms with Crippen LogP contribution < -0.4 is 10.5 Å². The molecule has 3 nitrogen and oxygen atoms in total. The fourth-order valence-electron chi connectivity index (χ4n) is 1.46. The fraction of sp³-hybridized carbons (Fsp3) is 0.182. The van der Waals surface area contributed by atoms with E-state index >= 15 is 0 Å². The van der Waals surface area contributed by atoms with E-state index in [1.165, 1.54) is 0 Å². The number of fused-ring (bicyclic) bond motifs is 1. The molecule has 0 amide bonds. The van der Waals surface area contributed by atoms with Crippen LogP contribution >= 0.6 is 0 Å². The van der Waals surface area contributed by atoms with E-state index in [2.05, 4.69) is 4.98 Å². The van der Waals surface area contributed by atoms with Crippen LogP contribution in [-0.2, 0) is 0 Å². The molecule has 0 aliphatic heterocycles. The molecule has 0 aliphatic rings. The highest BCUT2D eigenvalue weighted by molar-refractivity contribution is 5.86. The molecule has 0 saturated carbocycles. The maximum absolute atomic E-state index is 5.74. The largest absolute Gasteiger partial charge is 0.494 e. The van der Waals surface area contributed by atoms with Gasteiger partial charge in [-0.05, 0) is 24.6 Å². The van der Waals surface area contributed by atoms with Crippen LogP contribution in [0, 0.1) is 6.92 Å². The molecule has 2 rings (SSSR count). The normalized spacial score (nSPS) is 10.4. The van der Waals surface area contributed by atoms with E-state index in [0.717, 1.165) is 22.2 Å². The highest BCUT2D eigenvalue weighted by Gasteiger charge is 2.04. The topological polar surface area (TPSA) is 48.1 Å². The number of benzene rings is 1. The number of pyridine rings is 1. The molecule has 0 spiro atoms. The summed E-state index contributed by atoms with van der Waals surface area (Å²) in [6, 6.07) is 7.83. The lowest BCUT2D eigenvalue weighted by molar-refractivity contribution is 0.419. The Balaban J connectivity index is 2.81. The van der Waals surface area contributed by atoms with Crippen molar-refractivity contribution in [2.24, 2.45) is 0 Å². The van der Waals surface area contributed by atoms with Gasteiger partial charge in [0.1, 0.15) is 17.1 Å².